The first-order valence-electron chi connectivity index (χ1n) is 7.11. The molecule has 4 nitrogen and oxygen atoms in total. The van der Waals surface area contributed by atoms with Crippen molar-refractivity contribution in [2.75, 3.05) is 25.5 Å². The minimum atomic E-state index is -0.00680. The number of anilines is 1. The Balaban J connectivity index is 1.62. The second kappa shape index (κ2) is 5.57. The van der Waals surface area contributed by atoms with Crippen molar-refractivity contribution in [3.8, 4) is 5.75 Å². The van der Waals surface area contributed by atoms with Gasteiger partial charge in [0.2, 0.25) is 0 Å². The van der Waals surface area contributed by atoms with E-state index in [9.17, 15) is 4.79 Å². The number of benzene rings is 1. The molecule has 20 heavy (non-hydrogen) atoms. The van der Waals surface area contributed by atoms with Crippen molar-refractivity contribution in [1.29, 1.82) is 0 Å². The third kappa shape index (κ3) is 2.64. The Morgan fingerprint density at radius 2 is 1.95 bits per heavy atom. The number of carbonyl (C=O) groups excluding carboxylic acids is 1. The summed E-state index contributed by atoms with van der Waals surface area (Å²) in [7, 11) is 1.62. The van der Waals surface area contributed by atoms with E-state index in [1.165, 1.54) is 0 Å². The zero-order valence-corrected chi connectivity index (χ0v) is 11.7. The van der Waals surface area contributed by atoms with E-state index < -0.39 is 0 Å². The second-order valence-electron chi connectivity index (χ2n) is 5.53. The molecule has 0 radical (unpaired) electrons. The van der Waals surface area contributed by atoms with Crippen LogP contribution in [0.25, 0.3) is 0 Å². The maximum Gasteiger partial charge on any atom is 0.321 e. The quantitative estimate of drug-likeness (QED) is 0.840. The van der Waals surface area contributed by atoms with Gasteiger partial charge in [-0.15, -0.1) is 0 Å². The minimum absolute atomic E-state index is 0.00680. The number of amides is 2. The normalized spacial score (nSPS) is 24.4. The highest BCUT2D eigenvalue weighted by Crippen LogP contribution is 2.33. The van der Waals surface area contributed by atoms with Gasteiger partial charge in [-0.25, -0.2) is 4.79 Å². The molecule has 4 heteroatoms. The summed E-state index contributed by atoms with van der Waals surface area (Å²) in [6, 6.07) is 7.45. The Kier molecular flexibility index (Phi) is 3.63. The summed E-state index contributed by atoms with van der Waals surface area (Å²) < 4.78 is 5.17. The summed E-state index contributed by atoms with van der Waals surface area (Å²) in [5, 5.41) is 2.95. The van der Waals surface area contributed by atoms with Crippen molar-refractivity contribution < 1.29 is 9.53 Å². The molecule has 1 aliphatic carbocycles. The molecule has 1 N–H and O–H groups in total. The first kappa shape index (κ1) is 13.0. The fraction of sp³-hybridized carbons (Fsp3) is 0.438. The predicted octanol–water partition coefficient (Wildman–Crippen LogP) is 3.13. The number of nitrogens with zero attached hydrogens (tertiary/aromatic N) is 1. The molecule has 2 unspecified atom stereocenters. The molecule has 2 amide bonds. The van der Waals surface area contributed by atoms with Crippen molar-refractivity contribution in [2.45, 2.75) is 12.8 Å². The molecule has 1 aromatic rings. The molecule has 106 valence electrons. The van der Waals surface area contributed by atoms with Crippen LogP contribution in [0.4, 0.5) is 10.5 Å². The Morgan fingerprint density at radius 3 is 2.60 bits per heavy atom. The monoisotopic (exact) mass is 272 g/mol. The molecule has 1 aromatic carbocycles. The molecule has 2 aliphatic rings. The number of hydrogen-bond donors (Lipinski definition) is 1. The average Bonchev–Trinajstić information content (AvgIpc) is 2.91. The number of ether oxygens (including phenoxy) is 1. The van der Waals surface area contributed by atoms with Crippen molar-refractivity contribution >= 4 is 11.7 Å². The molecule has 0 spiro atoms. The van der Waals surface area contributed by atoms with Crippen LogP contribution in [0.2, 0.25) is 0 Å². The van der Waals surface area contributed by atoms with Gasteiger partial charge in [-0.05, 0) is 36.8 Å². The number of methoxy groups -OCH3 is 1. The maximum atomic E-state index is 12.3. The van der Waals surface area contributed by atoms with Gasteiger partial charge >= 0.3 is 6.03 Å². The van der Waals surface area contributed by atoms with Crippen LogP contribution in [0.5, 0.6) is 5.75 Å². The van der Waals surface area contributed by atoms with Gasteiger partial charge in [0.05, 0.1) is 7.11 Å². The summed E-state index contributed by atoms with van der Waals surface area (Å²) in [5.74, 6) is 2.02. The third-order valence-electron chi connectivity index (χ3n) is 4.23. The van der Waals surface area contributed by atoms with Crippen molar-refractivity contribution in [1.82, 2.24) is 4.90 Å². The lowest BCUT2D eigenvalue weighted by molar-refractivity contribution is 0.220. The van der Waals surface area contributed by atoms with Gasteiger partial charge in [-0.1, -0.05) is 18.2 Å². The number of carbonyl (C=O) groups is 1. The standard InChI is InChI=1S/C16H20N2O2/c1-20-15-8-4-7-14(9-15)17-16(19)18-10-12-5-2-3-6-13(12)11-18/h2-4,7-9,12-13H,5-6,10-11H2,1H3,(H,17,19). The third-order valence-corrected chi connectivity index (χ3v) is 4.23. The van der Waals surface area contributed by atoms with E-state index in [0.29, 0.717) is 11.8 Å². The molecule has 1 saturated heterocycles. The van der Waals surface area contributed by atoms with Gasteiger partial charge in [0.1, 0.15) is 5.75 Å². The number of rotatable bonds is 2. The number of hydrogen-bond acceptors (Lipinski definition) is 2. The van der Waals surface area contributed by atoms with Crippen LogP contribution in [-0.4, -0.2) is 31.1 Å². The lowest BCUT2D eigenvalue weighted by atomic mass is 9.86. The van der Waals surface area contributed by atoms with E-state index in [0.717, 1.165) is 37.4 Å². The Hall–Kier alpha value is -1.97. The molecule has 0 bridgehead atoms. The first-order chi connectivity index (χ1) is 9.76. The van der Waals surface area contributed by atoms with Gasteiger partial charge in [0.15, 0.2) is 0 Å². The number of urea groups is 1. The SMILES string of the molecule is COc1cccc(NC(=O)N2CC3CC=CCC3C2)c1. The Labute approximate surface area is 119 Å². The van der Waals surface area contributed by atoms with E-state index in [4.69, 9.17) is 4.74 Å². The van der Waals surface area contributed by atoms with E-state index >= 15 is 0 Å². The van der Waals surface area contributed by atoms with Crippen LogP contribution in [-0.2, 0) is 0 Å². The molecule has 1 heterocycles. The molecular weight excluding hydrogens is 252 g/mol. The molecule has 0 aromatic heterocycles. The van der Waals surface area contributed by atoms with Gasteiger partial charge < -0.3 is 15.0 Å². The number of allylic oxidation sites excluding steroid dienone is 2. The summed E-state index contributed by atoms with van der Waals surface area (Å²) in [5.41, 5.74) is 0.780. The van der Waals surface area contributed by atoms with E-state index in [2.05, 4.69) is 17.5 Å². The van der Waals surface area contributed by atoms with Crippen LogP contribution < -0.4 is 10.1 Å². The summed E-state index contributed by atoms with van der Waals surface area (Å²) >= 11 is 0. The fourth-order valence-corrected chi connectivity index (χ4v) is 3.08. The van der Waals surface area contributed by atoms with Gasteiger partial charge in [0.25, 0.3) is 0 Å². The largest absolute Gasteiger partial charge is 0.497 e. The van der Waals surface area contributed by atoms with E-state index in [-0.39, 0.29) is 6.03 Å². The van der Waals surface area contributed by atoms with Crippen molar-refractivity contribution in [3.05, 3.63) is 36.4 Å². The van der Waals surface area contributed by atoms with Gasteiger partial charge in [0, 0.05) is 24.8 Å². The Bertz CT molecular complexity index is 511. The van der Waals surface area contributed by atoms with Crippen LogP contribution in [0.15, 0.2) is 36.4 Å². The molecule has 2 atom stereocenters. The lowest BCUT2D eigenvalue weighted by Crippen LogP contribution is -2.33. The molecular formula is C16H20N2O2. The van der Waals surface area contributed by atoms with Crippen LogP contribution in [0, 0.1) is 11.8 Å². The summed E-state index contributed by atoms with van der Waals surface area (Å²) in [6.45, 7) is 1.73. The van der Waals surface area contributed by atoms with Crippen LogP contribution in [0.3, 0.4) is 0 Å². The van der Waals surface area contributed by atoms with E-state index in [1.54, 1.807) is 7.11 Å². The number of likely N-dealkylation sites (tertiary alicyclic amines) is 1. The average molecular weight is 272 g/mol. The van der Waals surface area contributed by atoms with Crippen LogP contribution in [0.1, 0.15) is 12.8 Å². The number of nitrogens with one attached hydrogen (secondary N) is 1. The first-order valence-corrected chi connectivity index (χ1v) is 7.11. The van der Waals surface area contributed by atoms with Crippen molar-refractivity contribution in [2.24, 2.45) is 11.8 Å². The Morgan fingerprint density at radius 1 is 1.25 bits per heavy atom. The zero-order chi connectivity index (χ0) is 13.9. The van der Waals surface area contributed by atoms with Gasteiger partial charge in [-0.2, -0.15) is 0 Å². The second-order valence-corrected chi connectivity index (χ2v) is 5.53. The smallest absolute Gasteiger partial charge is 0.321 e. The summed E-state index contributed by atoms with van der Waals surface area (Å²) in [6.07, 6.45) is 6.69. The van der Waals surface area contributed by atoms with Crippen molar-refractivity contribution in [3.63, 3.8) is 0 Å². The van der Waals surface area contributed by atoms with E-state index in [1.807, 2.05) is 29.2 Å². The van der Waals surface area contributed by atoms with Crippen LogP contribution >= 0.6 is 0 Å². The molecule has 0 saturated carbocycles. The highest BCUT2D eigenvalue weighted by atomic mass is 16.5. The lowest BCUT2D eigenvalue weighted by Gasteiger charge is -2.17. The predicted molar refractivity (Wildman–Crippen MR) is 78.9 cm³/mol. The maximum absolute atomic E-state index is 12.3. The van der Waals surface area contributed by atoms with Gasteiger partial charge in [-0.3, -0.25) is 0 Å². The highest BCUT2D eigenvalue weighted by Gasteiger charge is 2.35. The molecule has 3 rings (SSSR count). The molecule has 1 aliphatic heterocycles. The topological polar surface area (TPSA) is 41.6 Å². The zero-order valence-electron chi connectivity index (χ0n) is 11.7. The summed E-state index contributed by atoms with van der Waals surface area (Å²) in [4.78, 5) is 14.2. The minimum Gasteiger partial charge on any atom is -0.497 e. The number of fused-ring (bicyclic) bond motifs is 1. The molecule has 1 fully saturated rings. The fourth-order valence-electron chi connectivity index (χ4n) is 3.08. The highest BCUT2D eigenvalue weighted by molar-refractivity contribution is 5.89.